The Morgan fingerprint density at radius 3 is 2.58 bits per heavy atom. The molecule has 0 aliphatic heterocycles. The third-order valence-electron chi connectivity index (χ3n) is 3.32. The monoisotopic (exact) mass is 265 g/mol. The predicted molar refractivity (Wildman–Crippen MR) is 78.5 cm³/mol. The van der Waals surface area contributed by atoms with Gasteiger partial charge in [-0.1, -0.05) is 25.7 Å². The molecule has 0 saturated carbocycles. The van der Waals surface area contributed by atoms with Gasteiger partial charge in [-0.05, 0) is 31.4 Å². The Kier molecular flexibility index (Phi) is 5.36. The molecule has 0 saturated heterocycles. The third-order valence-corrected chi connectivity index (χ3v) is 3.32. The quantitative estimate of drug-likeness (QED) is 0.716. The highest BCUT2D eigenvalue weighted by atomic mass is 19.1. The van der Waals surface area contributed by atoms with Gasteiger partial charge in [-0.2, -0.15) is 0 Å². The first-order valence-electron chi connectivity index (χ1n) is 6.56. The topological polar surface area (TPSA) is 64.1 Å². The average molecular weight is 265 g/mol. The van der Waals surface area contributed by atoms with Gasteiger partial charge in [0.05, 0.1) is 17.7 Å². The van der Waals surface area contributed by atoms with E-state index in [0.717, 1.165) is 17.7 Å². The maximum absolute atomic E-state index is 13.8. The largest absolute Gasteiger partial charge is 0.386 e. The standard InChI is InChI=1S/C15H24FN3/c1-5-11-6-7-12(8-13(16)9(2)3)14(18)15(11)19-10(4)17/h6-7,12,14,19H,4-5,8,17-18H2,1-3H3. The maximum Gasteiger partial charge on any atom is 0.0992 e. The summed E-state index contributed by atoms with van der Waals surface area (Å²) in [6.45, 7) is 9.21. The van der Waals surface area contributed by atoms with E-state index < -0.39 is 0 Å². The summed E-state index contributed by atoms with van der Waals surface area (Å²) < 4.78 is 13.8. The fraction of sp³-hybridized carbons (Fsp3) is 0.467. The Labute approximate surface area is 114 Å². The van der Waals surface area contributed by atoms with Crippen molar-refractivity contribution in [1.82, 2.24) is 5.32 Å². The second-order valence-electron chi connectivity index (χ2n) is 5.10. The lowest BCUT2D eigenvalue weighted by Gasteiger charge is -2.30. The molecule has 0 aromatic rings. The first-order valence-corrected chi connectivity index (χ1v) is 6.56. The van der Waals surface area contributed by atoms with Crippen molar-refractivity contribution in [2.45, 2.75) is 39.7 Å². The summed E-state index contributed by atoms with van der Waals surface area (Å²) in [6, 6.07) is -0.287. The van der Waals surface area contributed by atoms with Gasteiger partial charge in [-0.25, -0.2) is 4.39 Å². The highest BCUT2D eigenvalue weighted by Crippen LogP contribution is 2.29. The van der Waals surface area contributed by atoms with E-state index in [4.69, 9.17) is 11.5 Å². The summed E-state index contributed by atoms with van der Waals surface area (Å²) in [5.74, 6) is 0.191. The van der Waals surface area contributed by atoms with Crippen molar-refractivity contribution >= 4 is 0 Å². The fourth-order valence-electron chi connectivity index (χ4n) is 2.13. The van der Waals surface area contributed by atoms with Crippen molar-refractivity contribution in [3.63, 3.8) is 0 Å². The summed E-state index contributed by atoms with van der Waals surface area (Å²) in [7, 11) is 0. The molecule has 4 heteroatoms. The SMILES string of the molecule is C=C(N)NC1=C(CC)C=CC(CC(F)=C(C)C)C1N. The molecule has 5 N–H and O–H groups in total. The van der Waals surface area contributed by atoms with Crippen LogP contribution in [0.1, 0.15) is 33.6 Å². The Morgan fingerprint density at radius 1 is 1.47 bits per heavy atom. The van der Waals surface area contributed by atoms with E-state index in [1.54, 1.807) is 13.8 Å². The van der Waals surface area contributed by atoms with Crippen LogP contribution >= 0.6 is 0 Å². The zero-order chi connectivity index (χ0) is 14.6. The Balaban J connectivity index is 2.95. The molecular formula is C15H24FN3. The molecule has 0 aromatic heterocycles. The molecular weight excluding hydrogens is 241 g/mol. The van der Waals surface area contributed by atoms with Crippen LogP contribution in [0.2, 0.25) is 0 Å². The van der Waals surface area contributed by atoms with Crippen molar-refractivity contribution in [3.8, 4) is 0 Å². The van der Waals surface area contributed by atoms with Crippen molar-refractivity contribution < 1.29 is 4.39 Å². The number of nitrogens with two attached hydrogens (primary N) is 2. The average Bonchev–Trinajstić information content (AvgIpc) is 2.33. The highest BCUT2D eigenvalue weighted by molar-refractivity contribution is 5.36. The zero-order valence-electron chi connectivity index (χ0n) is 12.0. The van der Waals surface area contributed by atoms with E-state index in [9.17, 15) is 4.39 Å². The number of rotatable bonds is 5. The van der Waals surface area contributed by atoms with Crippen molar-refractivity contribution in [2.75, 3.05) is 0 Å². The second kappa shape index (κ2) is 6.57. The zero-order valence-corrected chi connectivity index (χ0v) is 12.0. The van der Waals surface area contributed by atoms with Gasteiger partial charge in [-0.15, -0.1) is 0 Å². The lowest BCUT2D eigenvalue weighted by Crippen LogP contribution is -2.40. The van der Waals surface area contributed by atoms with Crippen LogP contribution in [0.5, 0.6) is 0 Å². The van der Waals surface area contributed by atoms with E-state index in [1.807, 2.05) is 19.1 Å². The maximum atomic E-state index is 13.8. The molecule has 1 rings (SSSR count). The summed E-state index contributed by atoms with van der Waals surface area (Å²) in [4.78, 5) is 0. The van der Waals surface area contributed by atoms with Crippen LogP contribution in [0.15, 0.2) is 47.2 Å². The van der Waals surface area contributed by atoms with Crippen LogP contribution in [0, 0.1) is 5.92 Å². The molecule has 0 heterocycles. The van der Waals surface area contributed by atoms with Crippen LogP contribution in [0.4, 0.5) is 4.39 Å². The Morgan fingerprint density at radius 2 is 2.11 bits per heavy atom. The van der Waals surface area contributed by atoms with Gasteiger partial charge in [0.15, 0.2) is 0 Å². The number of allylic oxidation sites excluding steroid dienone is 4. The number of nitrogens with one attached hydrogen (secondary N) is 1. The van der Waals surface area contributed by atoms with Gasteiger partial charge < -0.3 is 16.8 Å². The minimum Gasteiger partial charge on any atom is -0.386 e. The first kappa shape index (κ1) is 15.5. The molecule has 106 valence electrons. The van der Waals surface area contributed by atoms with E-state index in [-0.39, 0.29) is 17.8 Å². The Bertz CT molecular complexity index is 442. The molecule has 1 aliphatic carbocycles. The summed E-state index contributed by atoms with van der Waals surface area (Å²) in [5.41, 5.74) is 14.5. The molecule has 2 atom stereocenters. The van der Waals surface area contributed by atoms with Crippen molar-refractivity contribution in [2.24, 2.45) is 17.4 Å². The lowest BCUT2D eigenvalue weighted by atomic mass is 9.85. The molecule has 0 bridgehead atoms. The van der Waals surface area contributed by atoms with E-state index >= 15 is 0 Å². The first-order chi connectivity index (χ1) is 8.86. The molecule has 0 amide bonds. The van der Waals surface area contributed by atoms with Crippen LogP contribution in [-0.2, 0) is 0 Å². The highest BCUT2D eigenvalue weighted by Gasteiger charge is 2.26. The van der Waals surface area contributed by atoms with Gasteiger partial charge in [0.2, 0.25) is 0 Å². The van der Waals surface area contributed by atoms with E-state index in [1.165, 1.54) is 0 Å². The van der Waals surface area contributed by atoms with Crippen molar-refractivity contribution in [1.29, 1.82) is 0 Å². The number of halogens is 1. The van der Waals surface area contributed by atoms with Crippen LogP contribution in [0.3, 0.4) is 0 Å². The van der Waals surface area contributed by atoms with Crippen LogP contribution in [0.25, 0.3) is 0 Å². The number of hydrogen-bond donors (Lipinski definition) is 3. The molecule has 19 heavy (non-hydrogen) atoms. The summed E-state index contributed by atoms with van der Waals surface area (Å²) in [6.07, 6.45) is 5.14. The smallest absolute Gasteiger partial charge is 0.0992 e. The van der Waals surface area contributed by atoms with Gasteiger partial charge in [0, 0.05) is 18.0 Å². The predicted octanol–water partition coefficient (Wildman–Crippen LogP) is 2.84. The molecule has 1 aliphatic rings. The molecule has 0 spiro atoms. The number of hydrogen-bond acceptors (Lipinski definition) is 3. The third kappa shape index (κ3) is 3.96. The second-order valence-corrected chi connectivity index (χ2v) is 5.10. The van der Waals surface area contributed by atoms with Gasteiger partial charge >= 0.3 is 0 Å². The van der Waals surface area contributed by atoms with Crippen molar-refractivity contribution in [3.05, 3.63) is 47.2 Å². The summed E-state index contributed by atoms with van der Waals surface area (Å²) >= 11 is 0. The van der Waals surface area contributed by atoms with Gasteiger partial charge in [-0.3, -0.25) is 0 Å². The lowest BCUT2D eigenvalue weighted by molar-refractivity contribution is 0.458. The Hall–Kier alpha value is -1.55. The molecule has 0 aromatic carbocycles. The van der Waals surface area contributed by atoms with Gasteiger partial charge in [0.25, 0.3) is 0 Å². The van der Waals surface area contributed by atoms with Gasteiger partial charge in [0.1, 0.15) is 0 Å². The normalized spacial score (nSPS) is 22.4. The van der Waals surface area contributed by atoms with E-state index in [2.05, 4.69) is 11.9 Å². The van der Waals surface area contributed by atoms with E-state index in [0.29, 0.717) is 17.8 Å². The molecule has 0 fully saturated rings. The molecule has 2 unspecified atom stereocenters. The fourth-order valence-corrected chi connectivity index (χ4v) is 2.13. The summed E-state index contributed by atoms with van der Waals surface area (Å²) in [5, 5.41) is 3.01. The van der Waals surface area contributed by atoms with Crippen LogP contribution < -0.4 is 16.8 Å². The molecule has 3 nitrogen and oxygen atoms in total. The minimum atomic E-state index is -0.287. The van der Waals surface area contributed by atoms with Crippen LogP contribution in [-0.4, -0.2) is 6.04 Å². The molecule has 0 radical (unpaired) electrons. The minimum absolute atomic E-state index is 0.0629.